The van der Waals surface area contributed by atoms with Gasteiger partial charge in [0.05, 0.1) is 12.8 Å². The maximum Gasteiger partial charge on any atom is 0.219 e. The van der Waals surface area contributed by atoms with E-state index in [1.807, 2.05) is 45.9 Å². The Morgan fingerprint density at radius 3 is 2.48 bits per heavy atom. The van der Waals surface area contributed by atoms with Crippen molar-refractivity contribution < 1.29 is 9.15 Å². The van der Waals surface area contributed by atoms with Gasteiger partial charge in [0.25, 0.3) is 0 Å². The second-order valence-electron chi connectivity index (χ2n) is 7.13. The van der Waals surface area contributed by atoms with Crippen LogP contribution >= 0.6 is 0 Å². The molecule has 0 N–H and O–H groups in total. The van der Waals surface area contributed by atoms with Gasteiger partial charge in [0.2, 0.25) is 11.8 Å². The fraction of sp³-hybridized carbons (Fsp3) is 0.526. The van der Waals surface area contributed by atoms with Crippen molar-refractivity contribution in [2.75, 3.05) is 7.11 Å². The number of aryl methyl sites for hydroxylation is 2. The molecule has 0 bridgehead atoms. The van der Waals surface area contributed by atoms with E-state index >= 15 is 0 Å². The first-order chi connectivity index (χ1) is 13.0. The zero-order valence-corrected chi connectivity index (χ0v) is 16.5. The quantitative estimate of drug-likeness (QED) is 0.599. The lowest BCUT2D eigenvalue weighted by molar-refractivity contribution is 0.406. The molecule has 0 aliphatic carbocycles. The maximum absolute atomic E-state index is 5.67. The summed E-state index contributed by atoms with van der Waals surface area (Å²) in [7, 11) is 1.68. The predicted octanol–water partition coefficient (Wildman–Crippen LogP) is 3.48. The van der Waals surface area contributed by atoms with Crippen LogP contribution in [0.25, 0.3) is 5.69 Å². The van der Waals surface area contributed by atoms with Crippen molar-refractivity contribution in [3.8, 4) is 11.4 Å². The molecule has 0 aliphatic heterocycles. The topological polar surface area (TPSA) is 91.8 Å². The van der Waals surface area contributed by atoms with Gasteiger partial charge in [-0.3, -0.25) is 0 Å². The minimum absolute atomic E-state index is 0.238. The number of hydrogen-bond acceptors (Lipinski definition) is 7. The van der Waals surface area contributed by atoms with Crippen LogP contribution in [-0.2, 0) is 12.8 Å². The van der Waals surface area contributed by atoms with Crippen molar-refractivity contribution in [1.29, 1.82) is 0 Å². The predicted molar refractivity (Wildman–Crippen MR) is 100 cm³/mol. The Bertz CT molecular complexity index is 884. The molecule has 0 amide bonds. The number of benzene rings is 1. The zero-order chi connectivity index (χ0) is 19.4. The highest BCUT2D eigenvalue weighted by molar-refractivity contribution is 5.43. The lowest BCUT2D eigenvalue weighted by atomic mass is 10.1. The van der Waals surface area contributed by atoms with E-state index in [1.54, 1.807) is 11.9 Å². The molecule has 8 nitrogen and oxygen atoms in total. The number of nitrogens with zero attached hydrogens (tertiary/aromatic N) is 6. The van der Waals surface area contributed by atoms with E-state index < -0.39 is 0 Å². The summed E-state index contributed by atoms with van der Waals surface area (Å²) in [6.45, 7) is 8.17. The summed E-state index contributed by atoms with van der Waals surface area (Å²) >= 11 is 0. The van der Waals surface area contributed by atoms with Crippen LogP contribution in [0.5, 0.6) is 5.75 Å². The van der Waals surface area contributed by atoms with Gasteiger partial charge in [-0.25, -0.2) is 0 Å². The summed E-state index contributed by atoms with van der Waals surface area (Å²) in [6, 6.07) is 5.91. The molecule has 0 saturated carbocycles. The number of ether oxygens (including phenoxy) is 1. The summed E-state index contributed by atoms with van der Waals surface area (Å²) in [4.78, 5) is 1.56. The van der Waals surface area contributed by atoms with Crippen LogP contribution in [0.4, 0.5) is 0 Å². The van der Waals surface area contributed by atoms with Gasteiger partial charge in [-0.05, 0) is 41.8 Å². The molecule has 0 radical (unpaired) electrons. The fourth-order valence-corrected chi connectivity index (χ4v) is 2.68. The van der Waals surface area contributed by atoms with Crippen molar-refractivity contribution in [2.45, 2.75) is 58.8 Å². The monoisotopic (exact) mass is 370 g/mol. The van der Waals surface area contributed by atoms with E-state index in [4.69, 9.17) is 9.15 Å². The van der Waals surface area contributed by atoms with Crippen molar-refractivity contribution in [1.82, 2.24) is 30.4 Å². The third-order valence-corrected chi connectivity index (χ3v) is 4.25. The van der Waals surface area contributed by atoms with E-state index in [1.165, 1.54) is 0 Å². The van der Waals surface area contributed by atoms with Crippen molar-refractivity contribution in [3.63, 3.8) is 0 Å². The molecule has 0 atom stereocenters. The normalized spacial score (nSPS) is 11.5. The number of tetrazole rings is 1. The van der Waals surface area contributed by atoms with Gasteiger partial charge in [0, 0.05) is 18.3 Å². The molecule has 0 saturated heterocycles. The molecule has 3 rings (SSSR count). The Kier molecular flexibility index (Phi) is 5.83. The average molecular weight is 370 g/mol. The van der Waals surface area contributed by atoms with Crippen molar-refractivity contribution >= 4 is 0 Å². The van der Waals surface area contributed by atoms with Crippen LogP contribution in [0.15, 0.2) is 22.6 Å². The lowest BCUT2D eigenvalue weighted by Crippen LogP contribution is -2.02. The molecule has 1 aromatic carbocycles. The molecule has 2 aromatic heterocycles. The molecule has 0 fully saturated rings. The highest BCUT2D eigenvalue weighted by Crippen LogP contribution is 2.24. The van der Waals surface area contributed by atoms with Gasteiger partial charge in [0.1, 0.15) is 5.75 Å². The SMILES string of the molecule is COc1ccc(-n2nnc(C(C)C)n2)cc1CCCc1nnc(C(C)C)o1. The van der Waals surface area contributed by atoms with Gasteiger partial charge in [-0.2, -0.15) is 0 Å². The van der Waals surface area contributed by atoms with Crippen LogP contribution in [0.3, 0.4) is 0 Å². The first-order valence-corrected chi connectivity index (χ1v) is 9.27. The molecule has 0 unspecified atom stereocenters. The Morgan fingerprint density at radius 1 is 1.04 bits per heavy atom. The molecular formula is C19H26N6O2. The lowest BCUT2D eigenvalue weighted by Gasteiger charge is -2.10. The van der Waals surface area contributed by atoms with Crippen LogP contribution in [0.1, 0.15) is 69.1 Å². The van der Waals surface area contributed by atoms with E-state index in [-0.39, 0.29) is 11.8 Å². The van der Waals surface area contributed by atoms with Crippen LogP contribution in [0.2, 0.25) is 0 Å². The van der Waals surface area contributed by atoms with Gasteiger partial charge in [-0.15, -0.1) is 25.2 Å². The van der Waals surface area contributed by atoms with E-state index in [9.17, 15) is 0 Å². The minimum atomic E-state index is 0.238. The Morgan fingerprint density at radius 2 is 1.85 bits per heavy atom. The van der Waals surface area contributed by atoms with Crippen molar-refractivity contribution in [3.05, 3.63) is 41.4 Å². The van der Waals surface area contributed by atoms with Crippen LogP contribution in [-0.4, -0.2) is 37.5 Å². The minimum Gasteiger partial charge on any atom is -0.496 e. The number of methoxy groups -OCH3 is 1. The summed E-state index contributed by atoms with van der Waals surface area (Å²) in [5.41, 5.74) is 1.95. The standard InChI is InChI=1S/C19H26N6O2/c1-12(2)18-21-24-25(23-18)15-9-10-16(26-5)14(11-15)7-6-8-17-20-22-19(27-17)13(3)4/h9-13H,6-8H2,1-5H3. The third kappa shape index (κ3) is 4.50. The molecule has 0 spiro atoms. The summed E-state index contributed by atoms with van der Waals surface area (Å²) in [6.07, 6.45) is 2.43. The highest BCUT2D eigenvalue weighted by Gasteiger charge is 2.13. The van der Waals surface area contributed by atoms with Crippen LogP contribution in [0, 0.1) is 0 Å². The molecule has 3 aromatic rings. The first-order valence-electron chi connectivity index (χ1n) is 9.27. The summed E-state index contributed by atoms with van der Waals surface area (Å²) < 4.78 is 11.2. The zero-order valence-electron chi connectivity index (χ0n) is 16.5. The average Bonchev–Trinajstić information content (AvgIpc) is 3.31. The Balaban J connectivity index is 1.71. The smallest absolute Gasteiger partial charge is 0.219 e. The number of aromatic nitrogens is 6. The van der Waals surface area contributed by atoms with Gasteiger partial charge in [-0.1, -0.05) is 27.7 Å². The van der Waals surface area contributed by atoms with E-state index in [2.05, 4.69) is 25.6 Å². The maximum atomic E-state index is 5.67. The Labute approximate surface area is 158 Å². The molecule has 144 valence electrons. The van der Waals surface area contributed by atoms with E-state index in [0.29, 0.717) is 11.8 Å². The first kappa shape index (κ1) is 19.0. The third-order valence-electron chi connectivity index (χ3n) is 4.25. The molecule has 27 heavy (non-hydrogen) atoms. The second-order valence-corrected chi connectivity index (χ2v) is 7.13. The molecular weight excluding hydrogens is 344 g/mol. The van der Waals surface area contributed by atoms with Crippen molar-refractivity contribution in [2.24, 2.45) is 0 Å². The van der Waals surface area contributed by atoms with Crippen LogP contribution < -0.4 is 4.74 Å². The number of hydrogen-bond donors (Lipinski definition) is 0. The van der Waals surface area contributed by atoms with Gasteiger partial charge in [0.15, 0.2) is 5.82 Å². The largest absolute Gasteiger partial charge is 0.496 e. The molecule has 2 heterocycles. The van der Waals surface area contributed by atoms with Gasteiger partial charge < -0.3 is 9.15 Å². The second kappa shape index (κ2) is 8.28. The number of rotatable bonds is 8. The van der Waals surface area contributed by atoms with E-state index in [0.717, 1.165) is 42.1 Å². The molecule has 0 aliphatic rings. The van der Waals surface area contributed by atoms with Gasteiger partial charge >= 0.3 is 0 Å². The Hall–Kier alpha value is -2.77. The summed E-state index contributed by atoms with van der Waals surface area (Å²) in [5.74, 6) is 3.41. The summed E-state index contributed by atoms with van der Waals surface area (Å²) in [5, 5.41) is 20.9. The highest BCUT2D eigenvalue weighted by atomic mass is 16.5. The molecule has 8 heteroatoms. The fourth-order valence-electron chi connectivity index (χ4n) is 2.68.